The average Bonchev–Trinajstić information content (AvgIpc) is 2.58. The molecule has 9 heteroatoms. The second-order valence-electron chi connectivity index (χ2n) is 5.75. The molecule has 0 saturated carbocycles. The van der Waals surface area contributed by atoms with E-state index in [0.29, 0.717) is 26.4 Å². The summed E-state index contributed by atoms with van der Waals surface area (Å²) in [4.78, 5) is 28.4. The van der Waals surface area contributed by atoms with E-state index in [1.54, 1.807) is 13.8 Å². The quantitative estimate of drug-likeness (QED) is 0.623. The molecule has 144 valence electrons. The van der Waals surface area contributed by atoms with Crippen LogP contribution in [0.15, 0.2) is 12.1 Å². The number of rotatable bonds is 0. The first-order valence-electron chi connectivity index (χ1n) is 8.28. The van der Waals surface area contributed by atoms with E-state index in [1.807, 2.05) is 0 Å². The zero-order valence-electron chi connectivity index (χ0n) is 14.7. The minimum Gasteiger partial charge on any atom is -0.455 e. The standard InChI is InChI=1S/C17H22ClNO7/c1-11-9-23-5-3-22-4-6-24-10-12(2)26-17(21)15-8-13(18)7-14(19-15)16(20)25-11/h7-8,11-12H,3-6,9-10H2,1-2H3/t11-,12-/m0/s1. The van der Waals surface area contributed by atoms with Crippen LogP contribution in [0, 0.1) is 0 Å². The first-order valence-corrected chi connectivity index (χ1v) is 8.66. The topological polar surface area (TPSA) is 93.2 Å². The first-order chi connectivity index (χ1) is 12.5. The lowest BCUT2D eigenvalue weighted by molar-refractivity contribution is -0.0300. The Balaban J connectivity index is 2.13. The van der Waals surface area contributed by atoms with Gasteiger partial charge in [-0.3, -0.25) is 0 Å². The van der Waals surface area contributed by atoms with E-state index >= 15 is 0 Å². The lowest BCUT2D eigenvalue weighted by Crippen LogP contribution is -2.25. The van der Waals surface area contributed by atoms with Crippen LogP contribution in [0.3, 0.4) is 0 Å². The molecule has 0 N–H and O–H groups in total. The third-order valence-corrected chi connectivity index (χ3v) is 3.49. The number of pyridine rings is 1. The fourth-order valence-electron chi connectivity index (χ4n) is 2.10. The number of aromatic nitrogens is 1. The molecule has 0 radical (unpaired) electrons. The summed E-state index contributed by atoms with van der Waals surface area (Å²) in [6, 6.07) is 2.65. The molecule has 0 fully saturated rings. The van der Waals surface area contributed by atoms with Gasteiger partial charge in [-0.15, -0.1) is 0 Å². The summed E-state index contributed by atoms with van der Waals surface area (Å²) in [7, 11) is 0. The Labute approximate surface area is 156 Å². The number of halogens is 1. The number of hydrogen-bond acceptors (Lipinski definition) is 8. The van der Waals surface area contributed by atoms with Gasteiger partial charge in [-0.2, -0.15) is 0 Å². The van der Waals surface area contributed by atoms with Gasteiger partial charge in [0.25, 0.3) is 0 Å². The molecule has 0 spiro atoms. The Morgan fingerprint density at radius 1 is 0.846 bits per heavy atom. The van der Waals surface area contributed by atoms with E-state index in [-0.39, 0.29) is 29.6 Å². The monoisotopic (exact) mass is 387 g/mol. The number of fused-ring (bicyclic) bond motifs is 2. The third-order valence-electron chi connectivity index (χ3n) is 3.27. The van der Waals surface area contributed by atoms with Crippen molar-refractivity contribution in [1.82, 2.24) is 4.98 Å². The molecule has 26 heavy (non-hydrogen) atoms. The molecule has 2 bridgehead atoms. The van der Waals surface area contributed by atoms with Crippen LogP contribution in [-0.2, 0) is 23.7 Å². The van der Waals surface area contributed by atoms with Gasteiger partial charge >= 0.3 is 11.9 Å². The Kier molecular flexibility index (Phi) is 8.24. The summed E-state index contributed by atoms with van der Waals surface area (Å²) < 4.78 is 26.6. The van der Waals surface area contributed by atoms with Crippen molar-refractivity contribution in [2.75, 3.05) is 39.6 Å². The summed E-state index contributed by atoms with van der Waals surface area (Å²) in [5, 5.41) is 0.179. The molecule has 0 aromatic carbocycles. The summed E-state index contributed by atoms with van der Waals surface area (Å²) in [6.07, 6.45) is -0.998. The van der Waals surface area contributed by atoms with Gasteiger partial charge in [-0.1, -0.05) is 11.6 Å². The third kappa shape index (κ3) is 6.87. The Hall–Kier alpha value is -1.74. The maximum absolute atomic E-state index is 12.2. The normalized spacial score (nSPS) is 24.1. The average molecular weight is 388 g/mol. The van der Waals surface area contributed by atoms with Gasteiger partial charge in [-0.25, -0.2) is 14.6 Å². The van der Waals surface area contributed by atoms with E-state index in [9.17, 15) is 9.59 Å². The number of nitrogens with zero attached hydrogens (tertiary/aromatic N) is 1. The molecule has 2 atom stereocenters. The van der Waals surface area contributed by atoms with Gasteiger partial charge in [0.05, 0.1) is 39.6 Å². The van der Waals surface area contributed by atoms with Gasteiger partial charge in [0.1, 0.15) is 12.2 Å². The van der Waals surface area contributed by atoms with Crippen LogP contribution in [-0.4, -0.2) is 68.8 Å². The van der Waals surface area contributed by atoms with Gasteiger partial charge in [0.2, 0.25) is 0 Å². The van der Waals surface area contributed by atoms with E-state index in [0.717, 1.165) is 0 Å². The molecule has 1 aliphatic heterocycles. The van der Waals surface area contributed by atoms with Crippen LogP contribution in [0.2, 0.25) is 5.02 Å². The fourth-order valence-corrected chi connectivity index (χ4v) is 2.30. The molecular formula is C17H22ClNO7. The number of esters is 2. The highest BCUT2D eigenvalue weighted by Crippen LogP contribution is 2.15. The van der Waals surface area contributed by atoms with E-state index in [2.05, 4.69) is 4.98 Å². The molecule has 0 saturated heterocycles. The lowest BCUT2D eigenvalue weighted by Gasteiger charge is -2.16. The summed E-state index contributed by atoms with van der Waals surface area (Å²) in [5.41, 5.74) is -0.158. The molecule has 1 aromatic heterocycles. The number of carbonyl (C=O) groups excluding carboxylic acids is 2. The highest BCUT2D eigenvalue weighted by atomic mass is 35.5. The van der Waals surface area contributed by atoms with Crippen molar-refractivity contribution < 1.29 is 33.3 Å². The molecule has 0 amide bonds. The summed E-state index contributed by atoms with van der Waals surface area (Å²) >= 11 is 5.99. The summed E-state index contributed by atoms with van der Waals surface area (Å²) in [6.45, 7) is 5.32. The second kappa shape index (κ2) is 10.4. The van der Waals surface area contributed by atoms with Crippen LogP contribution in [0.4, 0.5) is 0 Å². The Morgan fingerprint density at radius 3 is 1.73 bits per heavy atom. The van der Waals surface area contributed by atoms with Gasteiger partial charge < -0.3 is 23.7 Å². The van der Waals surface area contributed by atoms with Crippen molar-refractivity contribution in [2.45, 2.75) is 26.1 Å². The van der Waals surface area contributed by atoms with Crippen molar-refractivity contribution in [3.8, 4) is 0 Å². The fraction of sp³-hybridized carbons (Fsp3) is 0.588. The molecule has 2 heterocycles. The maximum Gasteiger partial charge on any atom is 0.357 e. The smallest absolute Gasteiger partial charge is 0.357 e. The van der Waals surface area contributed by atoms with Gasteiger partial charge in [0.15, 0.2) is 11.4 Å². The van der Waals surface area contributed by atoms with Crippen LogP contribution < -0.4 is 0 Å². The predicted molar refractivity (Wildman–Crippen MR) is 91.5 cm³/mol. The maximum atomic E-state index is 12.2. The highest BCUT2D eigenvalue weighted by Gasteiger charge is 2.20. The predicted octanol–water partition coefficient (Wildman–Crippen LogP) is 1.89. The largest absolute Gasteiger partial charge is 0.455 e. The minimum atomic E-state index is -0.702. The molecule has 8 nitrogen and oxygen atoms in total. The van der Waals surface area contributed by atoms with Crippen molar-refractivity contribution >= 4 is 23.5 Å². The minimum absolute atomic E-state index is 0.0790. The molecule has 0 aliphatic carbocycles. The summed E-state index contributed by atoms with van der Waals surface area (Å²) in [5.74, 6) is -1.40. The first kappa shape index (κ1) is 20.6. The van der Waals surface area contributed by atoms with Gasteiger partial charge in [0, 0.05) is 5.02 Å². The molecule has 1 aromatic rings. The van der Waals surface area contributed by atoms with Crippen molar-refractivity contribution in [3.05, 3.63) is 28.5 Å². The van der Waals surface area contributed by atoms with Crippen LogP contribution >= 0.6 is 11.6 Å². The second-order valence-corrected chi connectivity index (χ2v) is 6.19. The molecule has 0 unspecified atom stereocenters. The van der Waals surface area contributed by atoms with E-state index in [1.165, 1.54) is 12.1 Å². The number of ether oxygens (including phenoxy) is 5. The molecule has 2 rings (SSSR count). The SMILES string of the molecule is C[C@H]1COCCOCCOC[C@H](C)OC(=O)c2cc(Cl)cc(n2)C(=O)O1. The van der Waals surface area contributed by atoms with Crippen LogP contribution in [0.5, 0.6) is 0 Å². The van der Waals surface area contributed by atoms with Gasteiger partial charge in [-0.05, 0) is 26.0 Å². The van der Waals surface area contributed by atoms with Crippen LogP contribution in [0.1, 0.15) is 34.8 Å². The zero-order chi connectivity index (χ0) is 18.9. The van der Waals surface area contributed by atoms with E-state index < -0.39 is 24.1 Å². The molecular weight excluding hydrogens is 366 g/mol. The lowest BCUT2D eigenvalue weighted by atomic mass is 10.3. The van der Waals surface area contributed by atoms with Crippen LogP contribution in [0.25, 0.3) is 0 Å². The highest BCUT2D eigenvalue weighted by molar-refractivity contribution is 6.31. The Bertz CT molecular complexity index is 577. The molecule has 1 aliphatic rings. The zero-order valence-corrected chi connectivity index (χ0v) is 15.5. The van der Waals surface area contributed by atoms with Crippen molar-refractivity contribution in [2.24, 2.45) is 0 Å². The number of cyclic esters (lactones) is 2. The number of hydrogen-bond donors (Lipinski definition) is 0. The number of carbonyl (C=O) groups is 2. The Morgan fingerprint density at radius 2 is 1.27 bits per heavy atom. The van der Waals surface area contributed by atoms with E-state index in [4.69, 9.17) is 35.3 Å². The van der Waals surface area contributed by atoms with Crippen molar-refractivity contribution in [1.29, 1.82) is 0 Å². The van der Waals surface area contributed by atoms with Crippen molar-refractivity contribution in [3.63, 3.8) is 0 Å².